The average molecular weight is 114 g/mol. The van der Waals surface area contributed by atoms with Gasteiger partial charge in [-0.1, -0.05) is 26.2 Å². The summed E-state index contributed by atoms with van der Waals surface area (Å²) in [6.45, 7) is 2.20. The molecule has 1 aliphatic carbocycles. The SMILES string of the molecule is CC1CCC(BF)C1. The van der Waals surface area contributed by atoms with E-state index in [4.69, 9.17) is 0 Å². The molecule has 0 amide bonds. The monoisotopic (exact) mass is 114 g/mol. The van der Waals surface area contributed by atoms with E-state index < -0.39 is 0 Å². The molecule has 0 aromatic rings. The lowest BCUT2D eigenvalue weighted by Gasteiger charge is -1.98. The Morgan fingerprint density at radius 1 is 1.50 bits per heavy atom. The highest BCUT2D eigenvalue weighted by Crippen LogP contribution is 2.33. The van der Waals surface area contributed by atoms with Crippen molar-refractivity contribution in [3.05, 3.63) is 0 Å². The Bertz CT molecular complexity index is 74.9. The van der Waals surface area contributed by atoms with Crippen molar-refractivity contribution in [1.82, 2.24) is 0 Å². The first-order valence-electron chi connectivity index (χ1n) is 3.39. The van der Waals surface area contributed by atoms with Crippen molar-refractivity contribution in [2.45, 2.75) is 32.0 Å². The molecular weight excluding hydrogens is 102 g/mol. The summed E-state index contributed by atoms with van der Waals surface area (Å²) < 4.78 is 11.9. The molecule has 0 N–H and O–H groups in total. The van der Waals surface area contributed by atoms with E-state index in [2.05, 4.69) is 6.92 Å². The van der Waals surface area contributed by atoms with Gasteiger partial charge < -0.3 is 4.32 Å². The summed E-state index contributed by atoms with van der Waals surface area (Å²) in [5, 5.41) is 0. The van der Waals surface area contributed by atoms with Crippen LogP contribution in [0.3, 0.4) is 0 Å². The lowest BCUT2D eigenvalue weighted by Crippen LogP contribution is -1.91. The summed E-state index contributed by atoms with van der Waals surface area (Å²) in [5.41, 5.74) is 0. The maximum Gasteiger partial charge on any atom is 0.334 e. The third kappa shape index (κ3) is 1.24. The smallest absolute Gasteiger partial charge is 0.334 e. The zero-order valence-electron chi connectivity index (χ0n) is 5.36. The van der Waals surface area contributed by atoms with Crippen molar-refractivity contribution in [3.63, 3.8) is 0 Å². The minimum Gasteiger partial charge on any atom is -0.341 e. The molecule has 0 aromatic carbocycles. The minimum atomic E-state index is -0.0929. The van der Waals surface area contributed by atoms with Crippen molar-refractivity contribution >= 4 is 7.56 Å². The zero-order chi connectivity index (χ0) is 5.98. The third-order valence-corrected chi connectivity index (χ3v) is 2.02. The van der Waals surface area contributed by atoms with Gasteiger partial charge in [-0.25, -0.2) is 0 Å². The fourth-order valence-corrected chi connectivity index (χ4v) is 1.47. The molecule has 8 heavy (non-hydrogen) atoms. The van der Waals surface area contributed by atoms with Gasteiger partial charge in [0.2, 0.25) is 0 Å². The quantitative estimate of drug-likeness (QED) is 0.456. The fourth-order valence-electron chi connectivity index (χ4n) is 1.47. The van der Waals surface area contributed by atoms with Crippen molar-refractivity contribution in [2.24, 2.45) is 5.92 Å². The molecule has 1 fully saturated rings. The van der Waals surface area contributed by atoms with Crippen molar-refractivity contribution in [2.75, 3.05) is 0 Å². The molecular formula is C6H12BF. The standard InChI is InChI=1S/C6H12BF/c1-5-2-3-6(4-5)7-8/h5-7H,2-4H2,1H3. The lowest BCUT2D eigenvalue weighted by molar-refractivity contribution is 0.608. The van der Waals surface area contributed by atoms with Gasteiger partial charge in [-0.2, -0.15) is 0 Å². The van der Waals surface area contributed by atoms with Crippen LogP contribution in [0.4, 0.5) is 4.32 Å². The Labute approximate surface area is 50.8 Å². The summed E-state index contributed by atoms with van der Waals surface area (Å²) in [7, 11) is -0.0929. The highest BCUT2D eigenvalue weighted by molar-refractivity contribution is 6.28. The van der Waals surface area contributed by atoms with Gasteiger partial charge in [0.25, 0.3) is 0 Å². The molecule has 1 rings (SSSR count). The van der Waals surface area contributed by atoms with Crippen molar-refractivity contribution < 1.29 is 4.32 Å². The Balaban J connectivity index is 2.22. The Hall–Kier alpha value is -0.00506. The van der Waals surface area contributed by atoms with E-state index in [9.17, 15) is 4.32 Å². The number of hydrogen-bond donors (Lipinski definition) is 0. The van der Waals surface area contributed by atoms with Crippen LogP contribution in [0.2, 0.25) is 5.82 Å². The van der Waals surface area contributed by atoms with Gasteiger partial charge in [0.1, 0.15) is 0 Å². The maximum absolute atomic E-state index is 11.9. The first-order chi connectivity index (χ1) is 3.83. The highest BCUT2D eigenvalue weighted by Gasteiger charge is 2.21. The summed E-state index contributed by atoms with van der Waals surface area (Å²) in [5.74, 6) is 1.20. The molecule has 2 atom stereocenters. The van der Waals surface area contributed by atoms with E-state index in [0.29, 0.717) is 5.82 Å². The second-order valence-corrected chi connectivity index (χ2v) is 2.94. The van der Waals surface area contributed by atoms with E-state index in [0.717, 1.165) is 18.8 Å². The van der Waals surface area contributed by atoms with Crippen LogP contribution in [0.5, 0.6) is 0 Å². The molecule has 1 saturated carbocycles. The predicted molar refractivity (Wildman–Crippen MR) is 35.0 cm³/mol. The van der Waals surface area contributed by atoms with E-state index in [1.165, 1.54) is 6.42 Å². The first kappa shape index (κ1) is 6.12. The van der Waals surface area contributed by atoms with Gasteiger partial charge in [-0.05, 0) is 11.7 Å². The minimum absolute atomic E-state index is 0.0929. The van der Waals surface area contributed by atoms with E-state index >= 15 is 0 Å². The summed E-state index contributed by atoms with van der Waals surface area (Å²) in [6.07, 6.45) is 3.49. The van der Waals surface area contributed by atoms with Gasteiger partial charge in [0.15, 0.2) is 0 Å². The van der Waals surface area contributed by atoms with Crippen LogP contribution >= 0.6 is 0 Å². The molecule has 2 heteroatoms. The molecule has 0 saturated heterocycles. The fraction of sp³-hybridized carbons (Fsp3) is 1.00. The highest BCUT2D eigenvalue weighted by atomic mass is 19.1. The largest absolute Gasteiger partial charge is 0.341 e. The van der Waals surface area contributed by atoms with Gasteiger partial charge >= 0.3 is 7.56 Å². The molecule has 0 radical (unpaired) electrons. The van der Waals surface area contributed by atoms with Crippen LogP contribution in [-0.4, -0.2) is 7.56 Å². The Morgan fingerprint density at radius 3 is 2.50 bits per heavy atom. The van der Waals surface area contributed by atoms with Gasteiger partial charge in [-0.15, -0.1) is 0 Å². The number of hydrogen-bond acceptors (Lipinski definition) is 0. The molecule has 0 heterocycles. The van der Waals surface area contributed by atoms with Crippen LogP contribution in [0.25, 0.3) is 0 Å². The second kappa shape index (κ2) is 2.52. The van der Waals surface area contributed by atoms with E-state index in [1.54, 1.807) is 0 Å². The van der Waals surface area contributed by atoms with Crippen molar-refractivity contribution in [3.8, 4) is 0 Å². The van der Waals surface area contributed by atoms with E-state index in [-0.39, 0.29) is 7.56 Å². The summed E-state index contributed by atoms with van der Waals surface area (Å²) in [6, 6.07) is 0. The number of rotatable bonds is 1. The molecule has 46 valence electrons. The first-order valence-corrected chi connectivity index (χ1v) is 3.39. The molecule has 0 aromatic heterocycles. The van der Waals surface area contributed by atoms with Crippen LogP contribution in [0.15, 0.2) is 0 Å². The predicted octanol–water partition coefficient (Wildman–Crippen LogP) is 1.92. The van der Waals surface area contributed by atoms with Crippen LogP contribution in [0.1, 0.15) is 26.2 Å². The molecule has 0 spiro atoms. The second-order valence-electron chi connectivity index (χ2n) is 2.94. The Kier molecular flexibility index (Phi) is 1.93. The lowest BCUT2D eigenvalue weighted by atomic mass is 9.81. The van der Waals surface area contributed by atoms with Gasteiger partial charge in [0.05, 0.1) is 0 Å². The third-order valence-electron chi connectivity index (χ3n) is 2.02. The molecule has 0 aliphatic heterocycles. The van der Waals surface area contributed by atoms with Gasteiger partial charge in [-0.3, -0.25) is 0 Å². The van der Waals surface area contributed by atoms with E-state index in [1.807, 2.05) is 0 Å². The van der Waals surface area contributed by atoms with Crippen LogP contribution in [-0.2, 0) is 0 Å². The average Bonchev–Trinajstić information content (AvgIpc) is 2.14. The van der Waals surface area contributed by atoms with Gasteiger partial charge in [0, 0.05) is 0 Å². The van der Waals surface area contributed by atoms with Crippen molar-refractivity contribution in [1.29, 1.82) is 0 Å². The summed E-state index contributed by atoms with van der Waals surface area (Å²) in [4.78, 5) is 0. The maximum atomic E-state index is 11.9. The molecule has 1 aliphatic rings. The topological polar surface area (TPSA) is 0 Å². The molecule has 0 nitrogen and oxygen atoms in total. The zero-order valence-corrected chi connectivity index (χ0v) is 5.36. The van der Waals surface area contributed by atoms with Crippen LogP contribution in [0, 0.1) is 5.92 Å². The molecule has 0 bridgehead atoms. The van der Waals surface area contributed by atoms with Crippen LogP contribution < -0.4 is 0 Å². The normalized spacial score (nSPS) is 37.8. The summed E-state index contributed by atoms with van der Waals surface area (Å²) >= 11 is 0. The molecule has 2 unspecified atom stereocenters. The Morgan fingerprint density at radius 2 is 2.25 bits per heavy atom. The number of halogens is 1.